The maximum absolute atomic E-state index is 12.6. The number of ether oxygens (including phenoxy) is 1. The minimum absolute atomic E-state index is 0.00857. The van der Waals surface area contributed by atoms with Crippen LogP contribution in [0.3, 0.4) is 0 Å². The number of rotatable bonds is 3. The Hall–Kier alpha value is -1.83. The number of likely N-dealkylation sites (tertiary alicyclic amines) is 2. The molecule has 3 aliphatic heterocycles. The molecule has 0 spiro atoms. The second-order valence-corrected chi connectivity index (χ2v) is 8.23. The number of urea groups is 1. The van der Waals surface area contributed by atoms with Crippen molar-refractivity contribution in [2.45, 2.75) is 50.6 Å². The van der Waals surface area contributed by atoms with Crippen molar-refractivity contribution >= 4 is 17.8 Å². The van der Waals surface area contributed by atoms with Gasteiger partial charge in [-0.25, -0.2) is 4.79 Å². The van der Waals surface area contributed by atoms with Gasteiger partial charge in [0.15, 0.2) is 0 Å². The molecule has 0 bridgehead atoms. The predicted molar refractivity (Wildman–Crippen MR) is 98.0 cm³/mol. The molecule has 4 rings (SSSR count). The van der Waals surface area contributed by atoms with Gasteiger partial charge in [0.2, 0.25) is 11.8 Å². The van der Waals surface area contributed by atoms with Crippen LogP contribution < -0.4 is 5.32 Å². The van der Waals surface area contributed by atoms with Crippen LogP contribution in [0.15, 0.2) is 0 Å². The predicted octanol–water partition coefficient (Wildman–Crippen LogP) is 0.420. The van der Waals surface area contributed by atoms with Gasteiger partial charge in [0.1, 0.15) is 0 Å². The third kappa shape index (κ3) is 4.05. The highest BCUT2D eigenvalue weighted by atomic mass is 16.5. The smallest absolute Gasteiger partial charge is 0.317 e. The highest BCUT2D eigenvalue weighted by Crippen LogP contribution is 2.27. The first-order valence-corrected chi connectivity index (χ1v) is 10.3. The molecule has 1 saturated carbocycles. The Morgan fingerprint density at radius 1 is 0.963 bits per heavy atom. The van der Waals surface area contributed by atoms with E-state index in [9.17, 15) is 14.4 Å². The Labute approximate surface area is 160 Å². The number of hydrogen-bond acceptors (Lipinski definition) is 4. The molecule has 27 heavy (non-hydrogen) atoms. The largest absolute Gasteiger partial charge is 0.378 e. The molecule has 0 radical (unpaired) electrons. The molecule has 1 N–H and O–H groups in total. The maximum atomic E-state index is 12.6. The molecule has 8 heteroatoms. The molecule has 3 heterocycles. The molecule has 3 saturated heterocycles. The van der Waals surface area contributed by atoms with Crippen LogP contribution >= 0.6 is 0 Å². The lowest BCUT2D eigenvalue weighted by molar-refractivity contribution is -0.139. The van der Waals surface area contributed by atoms with E-state index in [1.165, 1.54) is 19.3 Å². The van der Waals surface area contributed by atoms with Crippen LogP contribution in [0.1, 0.15) is 38.5 Å². The fourth-order valence-electron chi connectivity index (χ4n) is 4.62. The van der Waals surface area contributed by atoms with Crippen molar-refractivity contribution in [3.05, 3.63) is 0 Å². The minimum atomic E-state index is -0.249. The van der Waals surface area contributed by atoms with Crippen molar-refractivity contribution in [3.63, 3.8) is 0 Å². The van der Waals surface area contributed by atoms with Crippen LogP contribution in [0.25, 0.3) is 0 Å². The van der Waals surface area contributed by atoms with Gasteiger partial charge in [-0.05, 0) is 12.8 Å². The third-order valence-corrected chi connectivity index (χ3v) is 6.35. The van der Waals surface area contributed by atoms with Gasteiger partial charge >= 0.3 is 6.03 Å². The molecule has 0 aromatic heterocycles. The molecule has 8 nitrogen and oxygen atoms in total. The van der Waals surface area contributed by atoms with Gasteiger partial charge in [0, 0.05) is 45.2 Å². The van der Waals surface area contributed by atoms with Crippen LogP contribution in [0.2, 0.25) is 0 Å². The molecule has 4 fully saturated rings. The molecule has 0 aromatic carbocycles. The van der Waals surface area contributed by atoms with E-state index < -0.39 is 0 Å². The first-order chi connectivity index (χ1) is 13.1. The molecule has 4 amide bonds. The Kier molecular flexibility index (Phi) is 5.52. The number of nitrogens with one attached hydrogen (secondary N) is 1. The van der Waals surface area contributed by atoms with Gasteiger partial charge < -0.3 is 24.8 Å². The van der Waals surface area contributed by atoms with Crippen molar-refractivity contribution in [2.75, 3.05) is 45.9 Å². The van der Waals surface area contributed by atoms with Crippen molar-refractivity contribution < 1.29 is 19.1 Å². The lowest BCUT2D eigenvalue weighted by Crippen LogP contribution is -2.64. The van der Waals surface area contributed by atoms with Gasteiger partial charge in [0.25, 0.3) is 0 Å². The zero-order valence-corrected chi connectivity index (χ0v) is 15.9. The summed E-state index contributed by atoms with van der Waals surface area (Å²) in [6.07, 6.45) is 6.07. The van der Waals surface area contributed by atoms with E-state index in [4.69, 9.17) is 4.74 Å². The normalized spacial score (nSPS) is 27.6. The Morgan fingerprint density at radius 2 is 1.67 bits per heavy atom. The molecule has 4 aliphatic rings. The fraction of sp³-hybridized carbons (Fsp3) is 0.842. The Morgan fingerprint density at radius 3 is 2.37 bits per heavy atom. The molecule has 1 aliphatic carbocycles. The minimum Gasteiger partial charge on any atom is -0.378 e. The van der Waals surface area contributed by atoms with Gasteiger partial charge in [-0.2, -0.15) is 0 Å². The molecule has 0 aromatic rings. The summed E-state index contributed by atoms with van der Waals surface area (Å²) < 4.78 is 5.29. The van der Waals surface area contributed by atoms with E-state index in [2.05, 4.69) is 5.32 Å². The number of carbonyl (C=O) groups excluding carboxylic acids is 3. The topological polar surface area (TPSA) is 82.2 Å². The fourth-order valence-corrected chi connectivity index (χ4v) is 4.62. The standard InChI is InChI=1S/C19H30N4O4/c24-17-10-14(18(25)21-6-8-27-9-7-21)11-23(17)16-12-22(13-16)19(26)20-15-4-2-1-3-5-15/h14-16H,1-13H2,(H,20,26). The van der Waals surface area contributed by atoms with E-state index in [-0.39, 0.29) is 29.8 Å². The molecule has 1 unspecified atom stereocenters. The van der Waals surface area contributed by atoms with Gasteiger partial charge in [-0.3, -0.25) is 9.59 Å². The van der Waals surface area contributed by atoms with Crippen LogP contribution in [0.4, 0.5) is 4.79 Å². The zero-order chi connectivity index (χ0) is 18.8. The second kappa shape index (κ2) is 8.04. The summed E-state index contributed by atoms with van der Waals surface area (Å²) in [5, 5.41) is 3.12. The molecule has 150 valence electrons. The maximum Gasteiger partial charge on any atom is 0.317 e. The monoisotopic (exact) mass is 378 g/mol. The lowest BCUT2D eigenvalue weighted by Gasteiger charge is -2.44. The van der Waals surface area contributed by atoms with Gasteiger partial charge in [0.05, 0.1) is 25.2 Å². The molecule has 1 atom stereocenters. The zero-order valence-electron chi connectivity index (χ0n) is 15.9. The Balaban J connectivity index is 1.23. The lowest BCUT2D eigenvalue weighted by atomic mass is 9.95. The number of amides is 4. The quantitative estimate of drug-likeness (QED) is 0.772. The van der Waals surface area contributed by atoms with E-state index in [1.807, 2.05) is 9.80 Å². The second-order valence-electron chi connectivity index (χ2n) is 8.23. The summed E-state index contributed by atoms with van der Waals surface area (Å²) in [5.41, 5.74) is 0. The first kappa shape index (κ1) is 18.5. The Bertz CT molecular complexity index is 580. The highest BCUT2D eigenvalue weighted by Gasteiger charge is 2.44. The molecular weight excluding hydrogens is 348 g/mol. The van der Waals surface area contributed by atoms with Crippen molar-refractivity contribution in [3.8, 4) is 0 Å². The number of hydrogen-bond donors (Lipinski definition) is 1. The van der Waals surface area contributed by atoms with E-state index in [0.29, 0.717) is 58.4 Å². The summed E-state index contributed by atoms with van der Waals surface area (Å²) >= 11 is 0. The highest BCUT2D eigenvalue weighted by molar-refractivity contribution is 5.89. The van der Waals surface area contributed by atoms with Crippen molar-refractivity contribution in [1.29, 1.82) is 0 Å². The average Bonchev–Trinajstić information content (AvgIpc) is 3.03. The first-order valence-electron chi connectivity index (χ1n) is 10.3. The van der Waals surface area contributed by atoms with E-state index >= 15 is 0 Å². The van der Waals surface area contributed by atoms with E-state index in [1.54, 1.807) is 4.90 Å². The number of carbonyl (C=O) groups is 3. The van der Waals surface area contributed by atoms with E-state index in [0.717, 1.165) is 12.8 Å². The molecular formula is C19H30N4O4. The van der Waals surface area contributed by atoms with Crippen LogP contribution in [0.5, 0.6) is 0 Å². The SMILES string of the molecule is O=C(NC1CCCCC1)N1CC(N2CC(C(=O)N3CCOCC3)CC2=O)C1. The van der Waals surface area contributed by atoms with Gasteiger partial charge in [-0.15, -0.1) is 0 Å². The third-order valence-electron chi connectivity index (χ3n) is 6.35. The summed E-state index contributed by atoms with van der Waals surface area (Å²) in [5.74, 6) is -0.139. The van der Waals surface area contributed by atoms with Crippen molar-refractivity contribution in [1.82, 2.24) is 20.0 Å². The van der Waals surface area contributed by atoms with Gasteiger partial charge in [-0.1, -0.05) is 19.3 Å². The van der Waals surface area contributed by atoms with Crippen LogP contribution in [0, 0.1) is 5.92 Å². The van der Waals surface area contributed by atoms with Crippen molar-refractivity contribution in [2.24, 2.45) is 5.92 Å². The van der Waals surface area contributed by atoms with Crippen LogP contribution in [-0.4, -0.2) is 90.6 Å². The summed E-state index contributed by atoms with van der Waals surface area (Å²) in [4.78, 5) is 42.8. The number of nitrogens with zero attached hydrogens (tertiary/aromatic N) is 3. The summed E-state index contributed by atoms with van der Waals surface area (Å²) in [7, 11) is 0. The average molecular weight is 378 g/mol. The summed E-state index contributed by atoms with van der Waals surface area (Å²) in [6, 6.07) is 0.345. The summed E-state index contributed by atoms with van der Waals surface area (Å²) in [6.45, 7) is 4.00. The number of morpholine rings is 1. The van der Waals surface area contributed by atoms with Crippen LogP contribution in [-0.2, 0) is 14.3 Å².